The lowest BCUT2D eigenvalue weighted by atomic mass is 10.2. The first-order valence-corrected chi connectivity index (χ1v) is 7.06. The number of rotatable bonds is 7. The molecule has 0 fully saturated rings. The fourth-order valence-corrected chi connectivity index (χ4v) is 2.15. The summed E-state index contributed by atoms with van der Waals surface area (Å²) in [5, 5.41) is 7.90. The Labute approximate surface area is 129 Å². The predicted octanol–water partition coefficient (Wildman–Crippen LogP) is 2.17. The maximum atomic E-state index is 6.11. The molecule has 2 aromatic rings. The Hall–Kier alpha value is -1.79. The standard InChI is InChI=1S/C14H19ClN4O2/c1-4-16-7-10-5-11(15)6-12(20-3)14(10)21-8-13-17-9-18-19(13)2/h5-6,9,16H,4,7-8H2,1-3H3. The van der Waals surface area contributed by atoms with Gasteiger partial charge in [-0.25, -0.2) is 4.98 Å². The summed E-state index contributed by atoms with van der Waals surface area (Å²) in [6, 6.07) is 3.61. The van der Waals surface area contributed by atoms with Crippen LogP contribution < -0.4 is 14.8 Å². The third-order valence-electron chi connectivity index (χ3n) is 3.03. The largest absolute Gasteiger partial charge is 0.493 e. The van der Waals surface area contributed by atoms with Crippen LogP contribution in [-0.4, -0.2) is 28.4 Å². The SMILES string of the molecule is CCNCc1cc(Cl)cc(OC)c1OCc1ncnn1C. The normalized spacial score (nSPS) is 10.7. The molecule has 7 heteroatoms. The Balaban J connectivity index is 2.24. The lowest BCUT2D eigenvalue weighted by Gasteiger charge is -2.15. The molecule has 0 aliphatic rings. The summed E-state index contributed by atoms with van der Waals surface area (Å²) in [7, 11) is 3.42. The third kappa shape index (κ3) is 3.86. The molecule has 1 N–H and O–H groups in total. The molecule has 0 atom stereocenters. The summed E-state index contributed by atoms with van der Waals surface area (Å²) in [6.45, 7) is 3.87. The van der Waals surface area contributed by atoms with Crippen LogP contribution in [-0.2, 0) is 20.2 Å². The molecule has 0 aliphatic carbocycles. The third-order valence-corrected chi connectivity index (χ3v) is 3.25. The van der Waals surface area contributed by atoms with Crippen molar-refractivity contribution in [1.82, 2.24) is 20.1 Å². The maximum absolute atomic E-state index is 6.11. The Morgan fingerprint density at radius 3 is 2.81 bits per heavy atom. The minimum atomic E-state index is 0.313. The zero-order valence-electron chi connectivity index (χ0n) is 12.4. The van der Waals surface area contributed by atoms with Gasteiger partial charge in [-0.15, -0.1) is 0 Å². The number of nitrogens with one attached hydrogen (secondary N) is 1. The molecule has 0 unspecified atom stereocenters. The Morgan fingerprint density at radius 2 is 2.19 bits per heavy atom. The van der Waals surface area contributed by atoms with Gasteiger partial charge in [-0.2, -0.15) is 5.10 Å². The summed E-state index contributed by atoms with van der Waals surface area (Å²) in [5.41, 5.74) is 0.948. The van der Waals surface area contributed by atoms with Crippen LogP contribution in [0.5, 0.6) is 11.5 Å². The number of benzene rings is 1. The van der Waals surface area contributed by atoms with Crippen molar-refractivity contribution < 1.29 is 9.47 Å². The first kappa shape index (κ1) is 15.6. The first-order chi connectivity index (χ1) is 10.2. The number of aromatic nitrogens is 3. The monoisotopic (exact) mass is 310 g/mol. The summed E-state index contributed by atoms with van der Waals surface area (Å²) < 4.78 is 12.9. The number of methoxy groups -OCH3 is 1. The van der Waals surface area contributed by atoms with Gasteiger partial charge in [0.05, 0.1) is 7.11 Å². The number of nitrogens with zero attached hydrogens (tertiary/aromatic N) is 3. The molecule has 0 aliphatic heterocycles. The molecule has 1 aromatic heterocycles. The molecule has 6 nitrogen and oxygen atoms in total. The van der Waals surface area contributed by atoms with Crippen molar-refractivity contribution >= 4 is 11.6 Å². The van der Waals surface area contributed by atoms with Crippen molar-refractivity contribution in [2.75, 3.05) is 13.7 Å². The molecule has 114 valence electrons. The quantitative estimate of drug-likeness (QED) is 0.849. The molecular weight excluding hydrogens is 292 g/mol. The molecule has 0 amide bonds. The van der Waals surface area contributed by atoms with E-state index in [9.17, 15) is 0 Å². The summed E-state index contributed by atoms with van der Waals surface area (Å²) in [6.07, 6.45) is 1.50. The number of hydrogen-bond acceptors (Lipinski definition) is 5. The number of ether oxygens (including phenoxy) is 2. The van der Waals surface area contributed by atoms with Gasteiger partial charge in [0.1, 0.15) is 12.9 Å². The fourth-order valence-electron chi connectivity index (χ4n) is 1.92. The highest BCUT2D eigenvalue weighted by atomic mass is 35.5. The molecule has 1 heterocycles. The minimum Gasteiger partial charge on any atom is -0.493 e. The molecule has 2 rings (SSSR count). The van der Waals surface area contributed by atoms with Crippen LogP contribution in [0.15, 0.2) is 18.5 Å². The van der Waals surface area contributed by atoms with Crippen molar-refractivity contribution in [2.24, 2.45) is 7.05 Å². The second-order valence-corrected chi connectivity index (χ2v) is 4.90. The van der Waals surface area contributed by atoms with E-state index in [2.05, 4.69) is 15.4 Å². The van der Waals surface area contributed by atoms with Crippen molar-refractivity contribution in [2.45, 2.75) is 20.1 Å². The predicted molar refractivity (Wildman–Crippen MR) is 80.7 cm³/mol. The van der Waals surface area contributed by atoms with Crippen molar-refractivity contribution in [1.29, 1.82) is 0 Å². The Bertz CT molecular complexity index is 601. The van der Waals surface area contributed by atoms with Gasteiger partial charge in [0.15, 0.2) is 17.3 Å². The number of aryl methyl sites for hydroxylation is 1. The Morgan fingerprint density at radius 1 is 1.38 bits per heavy atom. The van der Waals surface area contributed by atoms with Gasteiger partial charge in [-0.3, -0.25) is 4.68 Å². The van der Waals surface area contributed by atoms with Gasteiger partial charge in [-0.05, 0) is 12.6 Å². The van der Waals surface area contributed by atoms with Crippen molar-refractivity contribution in [3.63, 3.8) is 0 Å². The summed E-state index contributed by atoms with van der Waals surface area (Å²) >= 11 is 6.11. The van der Waals surface area contributed by atoms with Gasteiger partial charge in [0.2, 0.25) is 0 Å². The number of hydrogen-bond donors (Lipinski definition) is 1. The second kappa shape index (κ2) is 7.28. The van der Waals surface area contributed by atoms with E-state index in [4.69, 9.17) is 21.1 Å². The second-order valence-electron chi connectivity index (χ2n) is 4.47. The van der Waals surface area contributed by atoms with Crippen molar-refractivity contribution in [3.05, 3.63) is 34.9 Å². The molecule has 0 saturated heterocycles. The molecule has 21 heavy (non-hydrogen) atoms. The highest BCUT2D eigenvalue weighted by Gasteiger charge is 2.14. The first-order valence-electron chi connectivity index (χ1n) is 6.68. The van der Waals surface area contributed by atoms with E-state index in [1.54, 1.807) is 17.9 Å². The summed E-state index contributed by atoms with van der Waals surface area (Å²) in [5.74, 6) is 2.02. The van der Waals surface area contributed by atoms with E-state index < -0.39 is 0 Å². The molecular formula is C14H19ClN4O2. The molecule has 0 radical (unpaired) electrons. The fraction of sp³-hybridized carbons (Fsp3) is 0.429. The molecule has 0 saturated carbocycles. The van der Waals surface area contributed by atoms with E-state index in [0.29, 0.717) is 29.7 Å². The summed E-state index contributed by atoms with van der Waals surface area (Å²) in [4.78, 5) is 4.14. The van der Waals surface area contributed by atoms with Crippen LogP contribution in [0.4, 0.5) is 0 Å². The average Bonchev–Trinajstić information content (AvgIpc) is 2.88. The van der Waals surface area contributed by atoms with E-state index in [1.165, 1.54) is 6.33 Å². The number of halogens is 1. The maximum Gasteiger partial charge on any atom is 0.166 e. The molecule has 0 bridgehead atoms. The van der Waals surface area contributed by atoms with Gasteiger partial charge in [-0.1, -0.05) is 18.5 Å². The van der Waals surface area contributed by atoms with Crippen LogP contribution in [0.25, 0.3) is 0 Å². The van der Waals surface area contributed by atoms with E-state index in [0.717, 1.165) is 17.9 Å². The van der Waals surface area contributed by atoms with Crippen molar-refractivity contribution in [3.8, 4) is 11.5 Å². The van der Waals surface area contributed by atoms with Crippen LogP contribution in [0.1, 0.15) is 18.3 Å². The zero-order valence-corrected chi connectivity index (χ0v) is 13.1. The van der Waals surface area contributed by atoms with Crippen LogP contribution >= 0.6 is 11.6 Å². The molecule has 0 spiro atoms. The van der Waals surface area contributed by atoms with Gasteiger partial charge in [0, 0.05) is 30.2 Å². The van der Waals surface area contributed by atoms with E-state index >= 15 is 0 Å². The van der Waals surface area contributed by atoms with Gasteiger partial charge < -0.3 is 14.8 Å². The van der Waals surface area contributed by atoms with E-state index in [1.807, 2.05) is 20.0 Å². The lowest BCUT2D eigenvalue weighted by Crippen LogP contribution is -2.14. The van der Waals surface area contributed by atoms with Gasteiger partial charge in [0.25, 0.3) is 0 Å². The average molecular weight is 311 g/mol. The highest BCUT2D eigenvalue weighted by Crippen LogP contribution is 2.35. The van der Waals surface area contributed by atoms with E-state index in [-0.39, 0.29) is 0 Å². The topological polar surface area (TPSA) is 61.2 Å². The van der Waals surface area contributed by atoms with Crippen LogP contribution in [0.2, 0.25) is 5.02 Å². The lowest BCUT2D eigenvalue weighted by molar-refractivity contribution is 0.268. The minimum absolute atomic E-state index is 0.313. The van der Waals surface area contributed by atoms with Crippen LogP contribution in [0.3, 0.4) is 0 Å². The smallest absolute Gasteiger partial charge is 0.166 e. The van der Waals surface area contributed by atoms with Gasteiger partial charge >= 0.3 is 0 Å². The molecule has 1 aromatic carbocycles. The highest BCUT2D eigenvalue weighted by molar-refractivity contribution is 6.30. The van der Waals surface area contributed by atoms with Crippen LogP contribution in [0, 0.1) is 0 Å². The zero-order chi connectivity index (χ0) is 15.2. The Kier molecular flexibility index (Phi) is 5.41.